The second-order valence-corrected chi connectivity index (χ2v) is 11.2. The number of nitrogens with zero attached hydrogens (tertiary/aromatic N) is 4. The predicted molar refractivity (Wildman–Crippen MR) is 144 cm³/mol. The Balaban J connectivity index is 1.41. The van der Waals surface area contributed by atoms with Gasteiger partial charge in [0.1, 0.15) is 17.6 Å². The third-order valence-corrected chi connectivity index (χ3v) is 8.08. The van der Waals surface area contributed by atoms with Crippen molar-refractivity contribution < 1.29 is 19.2 Å². The van der Waals surface area contributed by atoms with Gasteiger partial charge in [-0.1, -0.05) is 12.1 Å². The molecule has 9 nitrogen and oxygen atoms in total. The van der Waals surface area contributed by atoms with Gasteiger partial charge < -0.3 is 14.4 Å². The standard InChI is InChI=1S/C29H36N4O5/c1-18-19(2)28-23(16-29(4,5)38-28)24(27(18)33(35)36)17-31(20(3)34)22-11-9-21(10-12-22)25-13-14-32(30-25)26-8-6-7-15-37-26/h9-14,23-24,26H,6-8,15-17H2,1-5H3. The van der Waals surface area contributed by atoms with E-state index in [0.29, 0.717) is 17.7 Å². The Kier molecular flexibility index (Phi) is 6.90. The Morgan fingerprint density at radius 3 is 2.55 bits per heavy atom. The Bertz CT molecular complexity index is 1300. The molecule has 2 aromatic rings. The van der Waals surface area contributed by atoms with Crippen molar-refractivity contribution in [3.63, 3.8) is 0 Å². The lowest BCUT2D eigenvalue weighted by molar-refractivity contribution is -0.436. The first-order chi connectivity index (χ1) is 18.1. The van der Waals surface area contributed by atoms with E-state index in [4.69, 9.17) is 14.6 Å². The molecule has 3 atom stereocenters. The summed E-state index contributed by atoms with van der Waals surface area (Å²) in [6.07, 6.45) is 5.74. The monoisotopic (exact) mass is 520 g/mol. The molecule has 0 radical (unpaired) electrons. The maximum Gasteiger partial charge on any atom is 0.255 e. The molecule has 1 aliphatic carbocycles. The number of fused-ring (bicyclic) bond motifs is 1. The molecule has 5 rings (SSSR count). The molecule has 1 aromatic carbocycles. The van der Waals surface area contributed by atoms with Crippen LogP contribution < -0.4 is 4.90 Å². The molecule has 0 N–H and O–H groups in total. The minimum absolute atomic E-state index is 0.0279. The molecule has 0 saturated carbocycles. The van der Waals surface area contributed by atoms with Crippen LogP contribution in [0.1, 0.15) is 66.5 Å². The lowest BCUT2D eigenvalue weighted by Gasteiger charge is -2.32. The third kappa shape index (κ3) is 4.87. The number of allylic oxidation sites excluding steroid dienone is 3. The molecule has 202 valence electrons. The number of amides is 1. The summed E-state index contributed by atoms with van der Waals surface area (Å²) >= 11 is 0. The van der Waals surface area contributed by atoms with Gasteiger partial charge in [-0.3, -0.25) is 14.9 Å². The Morgan fingerprint density at radius 1 is 1.18 bits per heavy atom. The van der Waals surface area contributed by atoms with E-state index < -0.39 is 11.5 Å². The van der Waals surface area contributed by atoms with Crippen LogP contribution in [-0.2, 0) is 14.3 Å². The van der Waals surface area contributed by atoms with Crippen LogP contribution in [-0.4, -0.2) is 39.4 Å². The van der Waals surface area contributed by atoms with Gasteiger partial charge in [-0.25, -0.2) is 4.68 Å². The van der Waals surface area contributed by atoms with Crippen LogP contribution in [0.5, 0.6) is 0 Å². The van der Waals surface area contributed by atoms with Gasteiger partial charge in [0.15, 0.2) is 0 Å². The van der Waals surface area contributed by atoms with E-state index in [-0.39, 0.29) is 35.2 Å². The average Bonchev–Trinajstić information content (AvgIpc) is 3.50. The zero-order valence-electron chi connectivity index (χ0n) is 22.8. The van der Waals surface area contributed by atoms with Crippen molar-refractivity contribution in [2.24, 2.45) is 11.8 Å². The van der Waals surface area contributed by atoms with E-state index in [2.05, 4.69) is 0 Å². The Labute approximate surface area is 223 Å². The average molecular weight is 521 g/mol. The number of rotatable bonds is 6. The Hall–Kier alpha value is -3.46. The fourth-order valence-electron chi connectivity index (χ4n) is 6.06. The first kappa shape index (κ1) is 26.2. The highest BCUT2D eigenvalue weighted by molar-refractivity contribution is 5.91. The zero-order valence-corrected chi connectivity index (χ0v) is 22.8. The van der Waals surface area contributed by atoms with Crippen molar-refractivity contribution in [1.29, 1.82) is 0 Å². The highest BCUT2D eigenvalue weighted by Crippen LogP contribution is 2.50. The molecule has 38 heavy (non-hydrogen) atoms. The smallest absolute Gasteiger partial charge is 0.255 e. The molecule has 3 heterocycles. The van der Waals surface area contributed by atoms with Gasteiger partial charge in [0.2, 0.25) is 5.91 Å². The van der Waals surface area contributed by atoms with Crippen molar-refractivity contribution in [3.05, 3.63) is 69.2 Å². The van der Waals surface area contributed by atoms with Crippen molar-refractivity contribution >= 4 is 11.6 Å². The quantitative estimate of drug-likeness (QED) is 0.349. The van der Waals surface area contributed by atoms with Crippen molar-refractivity contribution in [2.45, 2.75) is 72.1 Å². The maximum absolute atomic E-state index is 12.9. The van der Waals surface area contributed by atoms with Gasteiger partial charge in [0, 0.05) is 49.0 Å². The summed E-state index contributed by atoms with van der Waals surface area (Å²) in [7, 11) is 0. The molecule has 1 aromatic heterocycles. The van der Waals surface area contributed by atoms with Gasteiger partial charge >= 0.3 is 0 Å². The largest absolute Gasteiger partial charge is 0.492 e. The molecule has 2 aliphatic heterocycles. The molecule has 3 aliphatic rings. The van der Waals surface area contributed by atoms with Crippen LogP contribution in [0.25, 0.3) is 11.3 Å². The highest BCUT2D eigenvalue weighted by Gasteiger charge is 2.50. The SMILES string of the molecule is CC(=O)N(CC1C([N+](=O)[O-])=C(C)C(C)=C2OC(C)(C)CC21)c1ccc(-c2ccn(C3CCCCO3)n2)cc1. The van der Waals surface area contributed by atoms with E-state index in [0.717, 1.165) is 48.5 Å². The summed E-state index contributed by atoms with van der Waals surface area (Å²) in [4.78, 5) is 26.5. The first-order valence-electron chi connectivity index (χ1n) is 13.4. The summed E-state index contributed by atoms with van der Waals surface area (Å²) in [6.45, 7) is 10.1. The summed E-state index contributed by atoms with van der Waals surface area (Å²) < 4.78 is 14.0. The minimum Gasteiger partial charge on any atom is -0.492 e. The van der Waals surface area contributed by atoms with Crippen molar-refractivity contribution in [1.82, 2.24) is 9.78 Å². The summed E-state index contributed by atoms with van der Waals surface area (Å²) in [5.74, 6) is 0.0312. The summed E-state index contributed by atoms with van der Waals surface area (Å²) in [5, 5.41) is 17.0. The number of hydrogen-bond acceptors (Lipinski definition) is 6. The highest BCUT2D eigenvalue weighted by atomic mass is 16.6. The molecule has 3 unspecified atom stereocenters. The topological polar surface area (TPSA) is 99.7 Å². The fourth-order valence-corrected chi connectivity index (χ4v) is 6.06. The fraction of sp³-hybridized carbons (Fsp3) is 0.517. The molecule has 0 spiro atoms. The van der Waals surface area contributed by atoms with Gasteiger partial charge in [0.25, 0.3) is 5.70 Å². The number of carbonyl (C=O) groups excluding carboxylic acids is 1. The summed E-state index contributed by atoms with van der Waals surface area (Å²) in [5.41, 5.74) is 3.68. The number of aromatic nitrogens is 2. The van der Waals surface area contributed by atoms with Crippen LogP contribution >= 0.6 is 0 Å². The first-order valence-corrected chi connectivity index (χ1v) is 13.4. The summed E-state index contributed by atoms with van der Waals surface area (Å²) in [6, 6.07) is 9.61. The second-order valence-electron chi connectivity index (χ2n) is 11.2. The lowest BCUT2D eigenvalue weighted by atomic mass is 9.76. The van der Waals surface area contributed by atoms with Crippen LogP contribution in [0.4, 0.5) is 5.69 Å². The van der Waals surface area contributed by atoms with Gasteiger partial charge in [-0.2, -0.15) is 5.10 Å². The van der Waals surface area contributed by atoms with Crippen LogP contribution in [0.3, 0.4) is 0 Å². The molecular formula is C29H36N4O5. The maximum atomic E-state index is 12.9. The molecule has 2 saturated heterocycles. The van der Waals surface area contributed by atoms with Crippen LogP contribution in [0.2, 0.25) is 0 Å². The predicted octanol–water partition coefficient (Wildman–Crippen LogP) is 5.87. The van der Waals surface area contributed by atoms with Crippen LogP contribution in [0, 0.1) is 22.0 Å². The van der Waals surface area contributed by atoms with Gasteiger partial charge in [-0.15, -0.1) is 0 Å². The number of carbonyl (C=O) groups is 1. The number of benzene rings is 1. The minimum atomic E-state index is -0.472. The number of anilines is 1. The van der Waals surface area contributed by atoms with E-state index in [9.17, 15) is 14.9 Å². The molecular weight excluding hydrogens is 484 g/mol. The van der Waals surface area contributed by atoms with E-state index in [1.54, 1.807) is 11.8 Å². The number of nitro groups is 1. The molecule has 0 bridgehead atoms. The van der Waals surface area contributed by atoms with Gasteiger partial charge in [-0.05, 0) is 77.2 Å². The third-order valence-electron chi connectivity index (χ3n) is 8.08. The van der Waals surface area contributed by atoms with Crippen molar-refractivity contribution in [2.75, 3.05) is 18.1 Å². The second kappa shape index (κ2) is 10.0. The van der Waals surface area contributed by atoms with Crippen LogP contribution in [0.15, 0.2) is 59.1 Å². The normalized spacial score (nSPS) is 24.7. The molecule has 9 heteroatoms. The number of ether oxygens (including phenoxy) is 2. The number of hydrogen-bond donors (Lipinski definition) is 0. The van der Waals surface area contributed by atoms with E-state index in [1.165, 1.54) is 6.92 Å². The van der Waals surface area contributed by atoms with E-state index >= 15 is 0 Å². The molecule has 2 fully saturated rings. The van der Waals surface area contributed by atoms with Crippen molar-refractivity contribution in [3.8, 4) is 11.3 Å². The van der Waals surface area contributed by atoms with E-state index in [1.807, 2.05) is 62.0 Å². The lowest BCUT2D eigenvalue weighted by Crippen LogP contribution is -2.40. The molecule has 1 amide bonds. The van der Waals surface area contributed by atoms with Gasteiger partial charge in [0.05, 0.1) is 16.5 Å². The zero-order chi connectivity index (χ0) is 27.2. The Morgan fingerprint density at radius 2 is 1.92 bits per heavy atom.